The molecule has 1 amide bonds. The molecule has 1 aliphatic rings. The summed E-state index contributed by atoms with van der Waals surface area (Å²) in [6.07, 6.45) is 0.142. The molecule has 0 aromatic heterocycles. The molecule has 4 heteroatoms. The van der Waals surface area contributed by atoms with Gasteiger partial charge >= 0.3 is 0 Å². The fourth-order valence-electron chi connectivity index (χ4n) is 2.80. The number of alkyl halides is 1. The predicted octanol–water partition coefficient (Wildman–Crippen LogP) is 3.46. The lowest BCUT2D eigenvalue weighted by Gasteiger charge is -2.36. The molecule has 2 unspecified atom stereocenters. The van der Waals surface area contributed by atoms with Gasteiger partial charge in [0.1, 0.15) is 0 Å². The van der Waals surface area contributed by atoms with Gasteiger partial charge in [-0.2, -0.15) is 0 Å². The molecule has 1 fully saturated rings. The molecule has 1 heterocycles. The number of carbonyl (C=O) groups excluding carboxylic acids is 1. The minimum atomic E-state index is 0.0677. The first kappa shape index (κ1) is 14.5. The number of fused-ring (bicyclic) bond motifs is 1. The summed E-state index contributed by atoms with van der Waals surface area (Å²) in [5.41, 5.74) is 0.746. The van der Waals surface area contributed by atoms with E-state index in [9.17, 15) is 4.79 Å². The van der Waals surface area contributed by atoms with Gasteiger partial charge in [0.2, 0.25) is 0 Å². The summed E-state index contributed by atoms with van der Waals surface area (Å²) in [6.45, 7) is 3.30. The largest absolute Gasteiger partial charge is 0.371 e. The van der Waals surface area contributed by atoms with Crippen LogP contribution in [-0.4, -0.2) is 41.4 Å². The highest BCUT2D eigenvalue weighted by atomic mass is 79.9. The summed E-state index contributed by atoms with van der Waals surface area (Å²) in [7, 11) is 0. The SMILES string of the molecule is CC1CN(C(=O)c2ccc3ccccc3c2)CC(CBr)O1. The van der Waals surface area contributed by atoms with Crippen LogP contribution in [0.1, 0.15) is 17.3 Å². The maximum atomic E-state index is 12.7. The lowest BCUT2D eigenvalue weighted by atomic mass is 10.1. The van der Waals surface area contributed by atoms with E-state index in [1.54, 1.807) is 0 Å². The fraction of sp³-hybridized carbons (Fsp3) is 0.353. The highest BCUT2D eigenvalue weighted by Gasteiger charge is 2.28. The topological polar surface area (TPSA) is 29.5 Å². The Morgan fingerprint density at radius 1 is 1.24 bits per heavy atom. The van der Waals surface area contributed by atoms with Crippen LogP contribution >= 0.6 is 15.9 Å². The zero-order valence-electron chi connectivity index (χ0n) is 12.0. The van der Waals surface area contributed by atoms with E-state index in [1.165, 1.54) is 0 Å². The number of ether oxygens (including phenoxy) is 1. The number of halogens is 1. The molecule has 2 aromatic carbocycles. The third kappa shape index (κ3) is 3.11. The minimum Gasteiger partial charge on any atom is -0.371 e. The maximum Gasteiger partial charge on any atom is 0.254 e. The van der Waals surface area contributed by atoms with Crippen LogP contribution in [-0.2, 0) is 4.74 Å². The van der Waals surface area contributed by atoms with Crippen LogP contribution in [0.5, 0.6) is 0 Å². The molecule has 0 radical (unpaired) electrons. The van der Waals surface area contributed by atoms with E-state index in [0.717, 1.165) is 21.7 Å². The molecule has 110 valence electrons. The standard InChI is InChI=1S/C17H18BrNO2/c1-12-10-19(11-16(9-18)21-12)17(20)15-7-6-13-4-2-3-5-14(13)8-15/h2-8,12,16H,9-11H2,1H3. The average molecular weight is 348 g/mol. The monoisotopic (exact) mass is 347 g/mol. The van der Waals surface area contributed by atoms with Crippen LogP contribution in [0.25, 0.3) is 10.8 Å². The van der Waals surface area contributed by atoms with Crippen molar-refractivity contribution in [2.45, 2.75) is 19.1 Å². The molecule has 21 heavy (non-hydrogen) atoms. The van der Waals surface area contributed by atoms with Crippen molar-refractivity contribution in [2.75, 3.05) is 18.4 Å². The molecule has 2 atom stereocenters. The molecule has 0 spiro atoms. The van der Waals surface area contributed by atoms with Gasteiger partial charge in [-0.15, -0.1) is 0 Å². The second kappa shape index (κ2) is 6.16. The Morgan fingerprint density at radius 2 is 2.00 bits per heavy atom. The van der Waals surface area contributed by atoms with Gasteiger partial charge in [-0.25, -0.2) is 0 Å². The predicted molar refractivity (Wildman–Crippen MR) is 88.0 cm³/mol. The van der Waals surface area contributed by atoms with Crippen molar-refractivity contribution in [3.8, 4) is 0 Å². The van der Waals surface area contributed by atoms with E-state index in [1.807, 2.05) is 48.2 Å². The van der Waals surface area contributed by atoms with Crippen molar-refractivity contribution >= 4 is 32.6 Å². The van der Waals surface area contributed by atoms with Crippen molar-refractivity contribution in [1.29, 1.82) is 0 Å². The zero-order valence-corrected chi connectivity index (χ0v) is 13.5. The van der Waals surface area contributed by atoms with Gasteiger partial charge < -0.3 is 9.64 Å². The van der Waals surface area contributed by atoms with Crippen LogP contribution in [0.2, 0.25) is 0 Å². The Labute approximate surface area is 133 Å². The van der Waals surface area contributed by atoms with Crippen molar-refractivity contribution in [3.63, 3.8) is 0 Å². The number of carbonyl (C=O) groups is 1. The number of amides is 1. The van der Waals surface area contributed by atoms with Crippen LogP contribution in [0.3, 0.4) is 0 Å². The highest BCUT2D eigenvalue weighted by molar-refractivity contribution is 9.09. The second-order valence-corrected chi connectivity index (χ2v) is 6.14. The average Bonchev–Trinajstić information content (AvgIpc) is 2.53. The number of rotatable bonds is 2. The van der Waals surface area contributed by atoms with Crippen LogP contribution in [0, 0.1) is 0 Å². The van der Waals surface area contributed by atoms with Crippen LogP contribution < -0.4 is 0 Å². The normalized spacial score (nSPS) is 22.5. The molecule has 0 N–H and O–H groups in total. The molecule has 0 bridgehead atoms. The minimum absolute atomic E-state index is 0.0677. The molecule has 3 nitrogen and oxygen atoms in total. The lowest BCUT2D eigenvalue weighted by molar-refractivity contribution is -0.0559. The Hall–Kier alpha value is -1.39. The molecule has 1 aliphatic heterocycles. The lowest BCUT2D eigenvalue weighted by Crippen LogP contribution is -2.49. The number of morpholine rings is 1. The number of hydrogen-bond donors (Lipinski definition) is 0. The van der Waals surface area contributed by atoms with Crippen molar-refractivity contribution in [1.82, 2.24) is 4.90 Å². The summed E-state index contributed by atoms with van der Waals surface area (Å²) in [5, 5.41) is 3.00. The first-order valence-corrected chi connectivity index (χ1v) is 8.29. The Kier molecular flexibility index (Phi) is 4.27. The third-order valence-electron chi connectivity index (χ3n) is 3.78. The smallest absolute Gasteiger partial charge is 0.254 e. The molecule has 2 aromatic rings. The first-order chi connectivity index (χ1) is 10.2. The number of hydrogen-bond acceptors (Lipinski definition) is 2. The van der Waals surface area contributed by atoms with E-state index in [-0.39, 0.29) is 18.1 Å². The first-order valence-electron chi connectivity index (χ1n) is 7.17. The Morgan fingerprint density at radius 3 is 2.76 bits per heavy atom. The van der Waals surface area contributed by atoms with Crippen molar-refractivity contribution in [3.05, 3.63) is 48.0 Å². The molecular formula is C17H18BrNO2. The van der Waals surface area contributed by atoms with Gasteiger partial charge in [0.05, 0.1) is 12.2 Å². The Balaban J connectivity index is 1.85. The zero-order chi connectivity index (χ0) is 14.8. The van der Waals surface area contributed by atoms with E-state index in [0.29, 0.717) is 13.1 Å². The summed E-state index contributed by atoms with van der Waals surface area (Å²) < 4.78 is 5.78. The quantitative estimate of drug-likeness (QED) is 0.778. The highest BCUT2D eigenvalue weighted by Crippen LogP contribution is 2.19. The summed E-state index contributed by atoms with van der Waals surface area (Å²) in [6, 6.07) is 14.0. The number of benzene rings is 2. The second-order valence-electron chi connectivity index (χ2n) is 5.50. The summed E-state index contributed by atoms with van der Waals surface area (Å²) in [5.74, 6) is 0.0850. The molecule has 0 aliphatic carbocycles. The number of nitrogens with zero attached hydrogens (tertiary/aromatic N) is 1. The van der Waals surface area contributed by atoms with Gasteiger partial charge in [0, 0.05) is 24.0 Å². The van der Waals surface area contributed by atoms with Crippen molar-refractivity contribution in [2.24, 2.45) is 0 Å². The van der Waals surface area contributed by atoms with E-state index in [2.05, 4.69) is 22.0 Å². The van der Waals surface area contributed by atoms with Gasteiger partial charge in [0.25, 0.3) is 5.91 Å². The molecule has 3 rings (SSSR count). The van der Waals surface area contributed by atoms with Gasteiger partial charge in [-0.05, 0) is 29.8 Å². The molecule has 0 saturated carbocycles. The van der Waals surface area contributed by atoms with E-state index < -0.39 is 0 Å². The van der Waals surface area contributed by atoms with Gasteiger partial charge in [0.15, 0.2) is 0 Å². The van der Waals surface area contributed by atoms with Crippen LogP contribution in [0.15, 0.2) is 42.5 Å². The Bertz CT molecular complexity index is 658. The summed E-state index contributed by atoms with van der Waals surface area (Å²) in [4.78, 5) is 14.6. The fourth-order valence-corrected chi connectivity index (χ4v) is 3.16. The van der Waals surface area contributed by atoms with Gasteiger partial charge in [-0.3, -0.25) is 4.79 Å². The maximum absolute atomic E-state index is 12.7. The van der Waals surface area contributed by atoms with E-state index in [4.69, 9.17) is 4.74 Å². The van der Waals surface area contributed by atoms with Crippen molar-refractivity contribution < 1.29 is 9.53 Å². The van der Waals surface area contributed by atoms with Gasteiger partial charge in [-0.1, -0.05) is 46.3 Å². The molecular weight excluding hydrogens is 330 g/mol. The van der Waals surface area contributed by atoms with E-state index >= 15 is 0 Å². The molecule has 1 saturated heterocycles. The van der Waals surface area contributed by atoms with Crippen LogP contribution in [0.4, 0.5) is 0 Å². The third-order valence-corrected chi connectivity index (χ3v) is 4.50. The summed E-state index contributed by atoms with van der Waals surface area (Å²) >= 11 is 3.44.